The third-order valence-corrected chi connectivity index (χ3v) is 4.09. The van der Waals surface area contributed by atoms with Gasteiger partial charge in [0.25, 0.3) is 5.91 Å². The molecule has 0 radical (unpaired) electrons. The molecule has 1 amide bonds. The molecule has 0 unspecified atom stereocenters. The molecule has 0 bridgehead atoms. The molecule has 0 atom stereocenters. The summed E-state index contributed by atoms with van der Waals surface area (Å²) in [5, 5.41) is 3.01. The van der Waals surface area contributed by atoms with Crippen LogP contribution in [-0.4, -0.2) is 10.9 Å². The van der Waals surface area contributed by atoms with E-state index in [0.29, 0.717) is 11.6 Å². The molecule has 1 aromatic carbocycles. The Morgan fingerprint density at radius 1 is 1.21 bits per heavy atom. The van der Waals surface area contributed by atoms with Crippen LogP contribution in [0.5, 0.6) is 0 Å². The SMILES string of the molecule is O=C(Nc1ncc(Cc2ccc(C(F)(F)F)cc2)s1)c1ccco1. The Balaban J connectivity index is 1.65. The van der Waals surface area contributed by atoms with E-state index in [1.54, 1.807) is 12.3 Å². The number of anilines is 1. The fraction of sp³-hybridized carbons (Fsp3) is 0.125. The van der Waals surface area contributed by atoms with Crippen molar-refractivity contribution < 1.29 is 22.4 Å². The van der Waals surface area contributed by atoms with Crippen LogP contribution in [0.1, 0.15) is 26.6 Å². The van der Waals surface area contributed by atoms with Gasteiger partial charge in [-0.05, 0) is 29.8 Å². The van der Waals surface area contributed by atoms with E-state index in [9.17, 15) is 18.0 Å². The third-order valence-electron chi connectivity index (χ3n) is 3.18. The molecule has 0 fully saturated rings. The summed E-state index contributed by atoms with van der Waals surface area (Å²) >= 11 is 1.26. The molecule has 1 N–H and O–H groups in total. The monoisotopic (exact) mass is 352 g/mol. The predicted molar refractivity (Wildman–Crippen MR) is 83.0 cm³/mol. The minimum atomic E-state index is -4.34. The van der Waals surface area contributed by atoms with Gasteiger partial charge in [0.1, 0.15) is 0 Å². The zero-order valence-electron chi connectivity index (χ0n) is 12.1. The highest BCUT2D eigenvalue weighted by Gasteiger charge is 2.29. The largest absolute Gasteiger partial charge is 0.459 e. The fourth-order valence-corrected chi connectivity index (χ4v) is 2.87. The number of halogens is 3. The number of carbonyl (C=O) groups excluding carboxylic acids is 1. The summed E-state index contributed by atoms with van der Waals surface area (Å²) in [6.07, 6.45) is -0.925. The second kappa shape index (κ2) is 6.48. The van der Waals surface area contributed by atoms with Crippen molar-refractivity contribution >= 4 is 22.4 Å². The van der Waals surface area contributed by atoms with Crippen LogP contribution in [0.4, 0.5) is 18.3 Å². The highest BCUT2D eigenvalue weighted by molar-refractivity contribution is 7.15. The van der Waals surface area contributed by atoms with Crippen molar-refractivity contribution in [2.24, 2.45) is 0 Å². The highest BCUT2D eigenvalue weighted by Crippen LogP contribution is 2.30. The molecule has 2 heterocycles. The van der Waals surface area contributed by atoms with Crippen molar-refractivity contribution in [3.8, 4) is 0 Å². The number of thiazole rings is 1. The topological polar surface area (TPSA) is 55.1 Å². The third kappa shape index (κ3) is 3.83. The lowest BCUT2D eigenvalue weighted by atomic mass is 10.1. The van der Waals surface area contributed by atoms with Crippen molar-refractivity contribution in [3.63, 3.8) is 0 Å². The lowest BCUT2D eigenvalue weighted by molar-refractivity contribution is -0.137. The van der Waals surface area contributed by atoms with Gasteiger partial charge in [-0.15, -0.1) is 11.3 Å². The smallest absolute Gasteiger partial charge is 0.416 e. The van der Waals surface area contributed by atoms with Crippen LogP contribution in [0, 0.1) is 0 Å². The summed E-state index contributed by atoms with van der Waals surface area (Å²) in [5.74, 6) is -0.232. The first kappa shape index (κ1) is 16.3. The van der Waals surface area contributed by atoms with E-state index in [4.69, 9.17) is 4.42 Å². The average Bonchev–Trinajstić information content (AvgIpc) is 3.19. The summed E-state index contributed by atoms with van der Waals surface area (Å²) in [4.78, 5) is 16.7. The number of benzene rings is 1. The van der Waals surface area contributed by atoms with E-state index in [0.717, 1.165) is 22.6 Å². The molecule has 2 aromatic heterocycles. The molecule has 124 valence electrons. The predicted octanol–water partition coefficient (Wildman–Crippen LogP) is 4.60. The van der Waals surface area contributed by atoms with E-state index >= 15 is 0 Å². The Morgan fingerprint density at radius 2 is 1.96 bits per heavy atom. The van der Waals surface area contributed by atoms with Gasteiger partial charge in [0.05, 0.1) is 11.8 Å². The van der Waals surface area contributed by atoms with E-state index < -0.39 is 17.6 Å². The Hall–Kier alpha value is -2.61. The van der Waals surface area contributed by atoms with Gasteiger partial charge in [-0.1, -0.05) is 12.1 Å². The molecular weight excluding hydrogens is 341 g/mol. The van der Waals surface area contributed by atoms with Crippen molar-refractivity contribution in [2.45, 2.75) is 12.6 Å². The maximum Gasteiger partial charge on any atom is 0.416 e. The van der Waals surface area contributed by atoms with Gasteiger partial charge in [0.15, 0.2) is 10.9 Å². The fourth-order valence-electron chi connectivity index (χ4n) is 2.03. The van der Waals surface area contributed by atoms with Crippen molar-refractivity contribution in [1.82, 2.24) is 4.98 Å². The van der Waals surface area contributed by atoms with E-state index in [1.807, 2.05) is 0 Å². The number of amides is 1. The van der Waals surface area contributed by atoms with Crippen LogP contribution in [0.2, 0.25) is 0 Å². The lowest BCUT2D eigenvalue weighted by Crippen LogP contribution is -2.10. The van der Waals surface area contributed by atoms with Gasteiger partial charge in [0, 0.05) is 17.5 Å². The number of carbonyl (C=O) groups is 1. The highest BCUT2D eigenvalue weighted by atomic mass is 32.1. The van der Waals surface area contributed by atoms with Crippen LogP contribution in [0.25, 0.3) is 0 Å². The number of furan rings is 1. The summed E-state index contributed by atoms with van der Waals surface area (Å²) in [6.45, 7) is 0. The molecule has 0 spiro atoms. The summed E-state index contributed by atoms with van der Waals surface area (Å²) < 4.78 is 42.6. The summed E-state index contributed by atoms with van der Waals surface area (Å²) in [5.41, 5.74) is 0.0533. The molecule has 8 heteroatoms. The van der Waals surface area contributed by atoms with Gasteiger partial charge in [-0.3, -0.25) is 10.1 Å². The normalized spacial score (nSPS) is 11.5. The molecule has 0 aliphatic carbocycles. The number of nitrogens with one attached hydrogen (secondary N) is 1. The molecular formula is C16H11F3N2O2S. The van der Waals surface area contributed by atoms with Crippen LogP contribution < -0.4 is 5.32 Å². The number of hydrogen-bond donors (Lipinski definition) is 1. The van der Waals surface area contributed by atoms with Crippen LogP contribution in [-0.2, 0) is 12.6 Å². The van der Waals surface area contributed by atoms with Crippen molar-refractivity contribution in [1.29, 1.82) is 0 Å². The second-order valence-corrected chi connectivity index (χ2v) is 6.05. The van der Waals surface area contributed by atoms with Crippen LogP contribution in [0.15, 0.2) is 53.3 Å². The minimum Gasteiger partial charge on any atom is -0.459 e. The zero-order valence-corrected chi connectivity index (χ0v) is 12.9. The van der Waals surface area contributed by atoms with Crippen molar-refractivity contribution in [3.05, 3.63) is 70.6 Å². The standard InChI is InChI=1S/C16H11F3N2O2S/c17-16(18,19)11-5-3-10(4-6-11)8-12-9-20-15(24-12)21-14(22)13-2-1-7-23-13/h1-7,9H,8H2,(H,20,21,22). The average molecular weight is 352 g/mol. The molecule has 0 aliphatic rings. The Kier molecular flexibility index (Phi) is 4.39. The number of nitrogens with zero attached hydrogens (tertiary/aromatic N) is 1. The molecule has 3 aromatic rings. The minimum absolute atomic E-state index is 0.175. The molecule has 24 heavy (non-hydrogen) atoms. The summed E-state index contributed by atoms with van der Waals surface area (Å²) in [6, 6.07) is 8.11. The Labute approximate surface area is 139 Å². The van der Waals surface area contributed by atoms with Crippen molar-refractivity contribution in [2.75, 3.05) is 5.32 Å². The van der Waals surface area contributed by atoms with Gasteiger partial charge in [0.2, 0.25) is 0 Å². The molecule has 0 saturated heterocycles. The number of hydrogen-bond acceptors (Lipinski definition) is 4. The number of aromatic nitrogens is 1. The van der Waals surface area contributed by atoms with E-state index in [-0.39, 0.29) is 5.76 Å². The maximum absolute atomic E-state index is 12.5. The van der Waals surface area contributed by atoms with Gasteiger partial charge < -0.3 is 4.42 Å². The van der Waals surface area contributed by atoms with E-state index in [2.05, 4.69) is 10.3 Å². The first-order chi connectivity index (χ1) is 11.4. The molecule has 3 rings (SSSR count). The molecule has 0 saturated carbocycles. The van der Waals surface area contributed by atoms with E-state index in [1.165, 1.54) is 35.8 Å². The lowest BCUT2D eigenvalue weighted by Gasteiger charge is -2.06. The Bertz CT molecular complexity index is 824. The van der Waals surface area contributed by atoms with Crippen LogP contribution in [0.3, 0.4) is 0 Å². The van der Waals surface area contributed by atoms with Crippen LogP contribution >= 0.6 is 11.3 Å². The number of alkyl halides is 3. The zero-order chi connectivity index (χ0) is 17.2. The van der Waals surface area contributed by atoms with Gasteiger partial charge in [-0.25, -0.2) is 4.98 Å². The van der Waals surface area contributed by atoms with Gasteiger partial charge >= 0.3 is 6.18 Å². The quantitative estimate of drug-likeness (QED) is 0.747. The molecule has 0 aliphatic heterocycles. The maximum atomic E-state index is 12.5. The number of rotatable bonds is 4. The molecule has 4 nitrogen and oxygen atoms in total. The first-order valence-electron chi connectivity index (χ1n) is 6.87. The second-order valence-electron chi connectivity index (χ2n) is 4.93. The first-order valence-corrected chi connectivity index (χ1v) is 7.69. The van der Waals surface area contributed by atoms with Gasteiger partial charge in [-0.2, -0.15) is 13.2 Å². The summed E-state index contributed by atoms with van der Waals surface area (Å²) in [7, 11) is 0. The Morgan fingerprint density at radius 3 is 2.58 bits per heavy atom.